The Balaban J connectivity index is 2.23. The topological polar surface area (TPSA) is 29.1 Å². The third kappa shape index (κ3) is 3.56. The highest BCUT2D eigenvalue weighted by Crippen LogP contribution is 2.24. The number of rotatable bonds is 3. The number of carbonyl (C=O) groups excluding carboxylic acids is 1. The third-order valence-corrected chi connectivity index (χ3v) is 3.99. The number of carbonyl (C=O) groups is 1. The van der Waals surface area contributed by atoms with Gasteiger partial charge in [0.1, 0.15) is 0 Å². The fraction of sp³-hybridized carbons (Fsp3) is 0.350. The molecule has 0 atom stereocenters. The SMILES string of the molecule is CCc1cccc(C)c1NC(=O)c1ccc(C(C)(C)C)cc1. The van der Waals surface area contributed by atoms with Crippen molar-refractivity contribution in [2.24, 2.45) is 0 Å². The largest absolute Gasteiger partial charge is 0.321 e. The maximum Gasteiger partial charge on any atom is 0.255 e. The van der Waals surface area contributed by atoms with E-state index in [2.05, 4.69) is 39.1 Å². The van der Waals surface area contributed by atoms with E-state index in [4.69, 9.17) is 0 Å². The molecule has 2 rings (SSSR count). The lowest BCUT2D eigenvalue weighted by Gasteiger charge is -2.19. The second-order valence-electron chi connectivity index (χ2n) is 6.74. The minimum Gasteiger partial charge on any atom is -0.321 e. The van der Waals surface area contributed by atoms with Gasteiger partial charge in [-0.05, 0) is 47.6 Å². The van der Waals surface area contributed by atoms with Crippen LogP contribution < -0.4 is 5.32 Å². The molecule has 1 amide bonds. The van der Waals surface area contributed by atoms with Gasteiger partial charge in [-0.1, -0.05) is 58.0 Å². The maximum atomic E-state index is 12.5. The van der Waals surface area contributed by atoms with Crippen molar-refractivity contribution in [3.8, 4) is 0 Å². The predicted octanol–water partition coefficient (Wildman–Crippen LogP) is 5.11. The quantitative estimate of drug-likeness (QED) is 0.838. The summed E-state index contributed by atoms with van der Waals surface area (Å²) in [4.78, 5) is 12.5. The Labute approximate surface area is 133 Å². The predicted molar refractivity (Wildman–Crippen MR) is 93.7 cm³/mol. The molecule has 0 fully saturated rings. The molecule has 0 heterocycles. The molecule has 0 bridgehead atoms. The highest BCUT2D eigenvalue weighted by Gasteiger charge is 2.15. The summed E-state index contributed by atoms with van der Waals surface area (Å²) in [5.41, 5.74) is 5.22. The van der Waals surface area contributed by atoms with Crippen molar-refractivity contribution in [3.05, 3.63) is 64.7 Å². The van der Waals surface area contributed by atoms with E-state index in [1.54, 1.807) is 0 Å². The molecule has 0 aromatic heterocycles. The van der Waals surface area contributed by atoms with Crippen molar-refractivity contribution >= 4 is 11.6 Å². The summed E-state index contributed by atoms with van der Waals surface area (Å²) in [7, 11) is 0. The number of benzene rings is 2. The third-order valence-electron chi connectivity index (χ3n) is 3.99. The van der Waals surface area contributed by atoms with Crippen LogP contribution in [0.5, 0.6) is 0 Å². The van der Waals surface area contributed by atoms with Gasteiger partial charge in [0, 0.05) is 11.3 Å². The van der Waals surface area contributed by atoms with Crippen molar-refractivity contribution in [3.63, 3.8) is 0 Å². The van der Waals surface area contributed by atoms with Crippen LogP contribution in [0.1, 0.15) is 54.7 Å². The molecule has 0 saturated heterocycles. The van der Waals surface area contributed by atoms with Crippen molar-refractivity contribution in [2.45, 2.75) is 46.5 Å². The monoisotopic (exact) mass is 295 g/mol. The first-order valence-corrected chi connectivity index (χ1v) is 7.83. The molecule has 0 unspecified atom stereocenters. The van der Waals surface area contributed by atoms with Gasteiger partial charge in [0.2, 0.25) is 0 Å². The number of hydrogen-bond acceptors (Lipinski definition) is 1. The Bertz CT molecular complexity index is 663. The summed E-state index contributed by atoms with van der Waals surface area (Å²) >= 11 is 0. The molecule has 2 aromatic rings. The van der Waals surface area contributed by atoms with E-state index in [9.17, 15) is 4.79 Å². The molecule has 2 heteroatoms. The van der Waals surface area contributed by atoms with E-state index >= 15 is 0 Å². The lowest BCUT2D eigenvalue weighted by atomic mass is 9.86. The molecule has 0 aliphatic carbocycles. The summed E-state index contributed by atoms with van der Waals surface area (Å²) in [5.74, 6) is -0.0514. The average molecular weight is 295 g/mol. The van der Waals surface area contributed by atoms with Crippen LogP contribution in [-0.2, 0) is 11.8 Å². The van der Waals surface area contributed by atoms with Crippen molar-refractivity contribution < 1.29 is 4.79 Å². The van der Waals surface area contributed by atoms with E-state index in [0.717, 1.165) is 17.7 Å². The van der Waals surface area contributed by atoms with Crippen LogP contribution in [0.3, 0.4) is 0 Å². The van der Waals surface area contributed by atoms with E-state index in [1.165, 1.54) is 11.1 Å². The zero-order valence-electron chi connectivity index (χ0n) is 14.2. The van der Waals surface area contributed by atoms with Crippen molar-refractivity contribution in [2.75, 3.05) is 5.32 Å². The summed E-state index contributed by atoms with van der Waals surface area (Å²) < 4.78 is 0. The molecular weight excluding hydrogens is 270 g/mol. The lowest BCUT2D eigenvalue weighted by Crippen LogP contribution is -2.15. The molecule has 116 valence electrons. The van der Waals surface area contributed by atoms with E-state index in [1.807, 2.05) is 43.3 Å². The van der Waals surface area contributed by atoms with Crippen molar-refractivity contribution in [1.82, 2.24) is 0 Å². The molecule has 0 aliphatic heterocycles. The summed E-state index contributed by atoms with van der Waals surface area (Å²) in [5, 5.41) is 3.07. The standard InChI is InChI=1S/C20H25NO/c1-6-15-9-7-8-14(2)18(15)21-19(22)16-10-12-17(13-11-16)20(3,4)5/h7-13H,6H2,1-5H3,(H,21,22). The van der Waals surface area contributed by atoms with Gasteiger partial charge in [-0.25, -0.2) is 0 Å². The Hall–Kier alpha value is -2.09. The second-order valence-corrected chi connectivity index (χ2v) is 6.74. The van der Waals surface area contributed by atoms with Crippen LogP contribution >= 0.6 is 0 Å². The van der Waals surface area contributed by atoms with Crippen molar-refractivity contribution in [1.29, 1.82) is 0 Å². The maximum absolute atomic E-state index is 12.5. The lowest BCUT2D eigenvalue weighted by molar-refractivity contribution is 0.102. The van der Waals surface area contributed by atoms with Gasteiger partial charge in [0.15, 0.2) is 0 Å². The number of aryl methyl sites for hydroxylation is 2. The minimum atomic E-state index is -0.0514. The molecular formula is C20H25NO. The smallest absolute Gasteiger partial charge is 0.255 e. The van der Waals surface area contributed by atoms with Crippen LogP contribution in [0.2, 0.25) is 0 Å². The molecule has 0 aliphatic rings. The van der Waals surface area contributed by atoms with Gasteiger partial charge in [0.25, 0.3) is 5.91 Å². The molecule has 0 radical (unpaired) electrons. The van der Waals surface area contributed by atoms with Gasteiger partial charge in [0.05, 0.1) is 0 Å². The number of amides is 1. The fourth-order valence-corrected chi connectivity index (χ4v) is 2.51. The fourth-order valence-electron chi connectivity index (χ4n) is 2.51. The molecule has 22 heavy (non-hydrogen) atoms. The number of hydrogen-bond donors (Lipinski definition) is 1. The highest BCUT2D eigenvalue weighted by atomic mass is 16.1. The number of anilines is 1. The van der Waals surface area contributed by atoms with Gasteiger partial charge >= 0.3 is 0 Å². The number of nitrogens with one attached hydrogen (secondary N) is 1. The molecule has 0 spiro atoms. The molecule has 1 N–H and O–H groups in total. The molecule has 2 aromatic carbocycles. The second kappa shape index (κ2) is 6.35. The van der Waals surface area contributed by atoms with E-state index < -0.39 is 0 Å². The Kier molecular flexibility index (Phi) is 4.70. The van der Waals surface area contributed by atoms with Crippen LogP contribution in [-0.4, -0.2) is 5.91 Å². The van der Waals surface area contributed by atoms with Gasteiger partial charge in [-0.3, -0.25) is 4.79 Å². The Morgan fingerprint density at radius 3 is 2.23 bits per heavy atom. The zero-order chi connectivity index (χ0) is 16.3. The van der Waals surface area contributed by atoms with Crippen LogP contribution in [0, 0.1) is 6.92 Å². The first kappa shape index (κ1) is 16.3. The normalized spacial score (nSPS) is 11.3. The summed E-state index contributed by atoms with van der Waals surface area (Å²) in [6.07, 6.45) is 0.903. The number of para-hydroxylation sites is 1. The summed E-state index contributed by atoms with van der Waals surface area (Å²) in [6.45, 7) is 10.6. The van der Waals surface area contributed by atoms with Gasteiger partial charge < -0.3 is 5.32 Å². The first-order valence-electron chi connectivity index (χ1n) is 7.83. The Morgan fingerprint density at radius 1 is 1.05 bits per heavy atom. The van der Waals surface area contributed by atoms with Crippen LogP contribution in [0.25, 0.3) is 0 Å². The average Bonchev–Trinajstić information content (AvgIpc) is 2.48. The van der Waals surface area contributed by atoms with E-state index in [-0.39, 0.29) is 11.3 Å². The van der Waals surface area contributed by atoms with Gasteiger partial charge in [-0.2, -0.15) is 0 Å². The highest BCUT2D eigenvalue weighted by molar-refractivity contribution is 6.05. The van der Waals surface area contributed by atoms with Crippen LogP contribution in [0.4, 0.5) is 5.69 Å². The van der Waals surface area contributed by atoms with E-state index in [0.29, 0.717) is 5.56 Å². The molecule has 0 saturated carbocycles. The minimum absolute atomic E-state index is 0.0514. The van der Waals surface area contributed by atoms with Crippen LogP contribution in [0.15, 0.2) is 42.5 Å². The first-order chi connectivity index (χ1) is 10.3. The zero-order valence-corrected chi connectivity index (χ0v) is 14.2. The Morgan fingerprint density at radius 2 is 1.68 bits per heavy atom. The summed E-state index contributed by atoms with van der Waals surface area (Å²) in [6, 6.07) is 14.0. The molecule has 2 nitrogen and oxygen atoms in total. The van der Waals surface area contributed by atoms with Gasteiger partial charge in [-0.15, -0.1) is 0 Å².